The number of hydrogen-bond donors (Lipinski definition) is 0. The average molecular weight is 329 g/mol. The highest BCUT2D eigenvalue weighted by Gasteiger charge is 2.46. The first-order valence-corrected chi connectivity index (χ1v) is 8.52. The van der Waals surface area contributed by atoms with E-state index in [-0.39, 0.29) is 5.92 Å². The van der Waals surface area contributed by atoms with Crippen LogP contribution in [0.25, 0.3) is 0 Å². The smallest absolute Gasteiger partial charge is 0.226 e. The number of hydrogen-bond acceptors (Lipinski definition) is 5. The van der Waals surface area contributed by atoms with Gasteiger partial charge in [0.1, 0.15) is 5.76 Å². The molecule has 4 rings (SSSR count). The summed E-state index contributed by atoms with van der Waals surface area (Å²) in [7, 11) is 1.91. The number of aryl methyl sites for hydroxylation is 2. The summed E-state index contributed by atoms with van der Waals surface area (Å²) in [5.41, 5.74) is 2.15. The van der Waals surface area contributed by atoms with Crippen LogP contribution in [0.4, 0.5) is 0 Å². The Morgan fingerprint density at radius 3 is 2.75 bits per heavy atom. The van der Waals surface area contributed by atoms with E-state index in [0.29, 0.717) is 11.8 Å². The first-order valence-electron chi connectivity index (χ1n) is 8.52. The van der Waals surface area contributed by atoms with E-state index in [4.69, 9.17) is 4.52 Å². The summed E-state index contributed by atoms with van der Waals surface area (Å²) in [4.78, 5) is 17.0. The second-order valence-electron chi connectivity index (χ2n) is 6.93. The van der Waals surface area contributed by atoms with Gasteiger partial charge in [-0.15, -0.1) is 0 Å². The van der Waals surface area contributed by atoms with Crippen molar-refractivity contribution < 1.29 is 9.32 Å². The van der Waals surface area contributed by atoms with Gasteiger partial charge in [-0.2, -0.15) is 5.10 Å². The molecule has 7 heteroatoms. The summed E-state index contributed by atoms with van der Waals surface area (Å²) >= 11 is 0. The number of amides is 1. The number of piperazine rings is 1. The molecule has 1 amide bonds. The molecule has 1 saturated carbocycles. The van der Waals surface area contributed by atoms with Crippen molar-refractivity contribution in [1.82, 2.24) is 24.7 Å². The Morgan fingerprint density at radius 2 is 2.12 bits per heavy atom. The minimum Gasteiger partial charge on any atom is -0.361 e. The van der Waals surface area contributed by atoms with E-state index in [0.717, 1.165) is 50.6 Å². The average Bonchev–Trinajstić information content (AvgIpc) is 3.09. The maximum atomic E-state index is 12.7. The quantitative estimate of drug-likeness (QED) is 0.842. The van der Waals surface area contributed by atoms with Gasteiger partial charge in [-0.05, 0) is 24.8 Å². The van der Waals surface area contributed by atoms with Crippen LogP contribution >= 0.6 is 0 Å². The molecule has 3 heterocycles. The fraction of sp³-hybridized carbons (Fsp3) is 0.588. The Bertz CT molecular complexity index is 729. The molecule has 0 N–H and O–H groups in total. The fourth-order valence-electron chi connectivity index (χ4n) is 3.55. The Balaban J connectivity index is 1.28. The van der Waals surface area contributed by atoms with Gasteiger partial charge in [0.2, 0.25) is 5.91 Å². The summed E-state index contributed by atoms with van der Waals surface area (Å²) in [6.45, 7) is 6.07. The Labute approximate surface area is 141 Å². The summed E-state index contributed by atoms with van der Waals surface area (Å²) in [5, 5.41) is 8.25. The standard InChI is InChI=1S/C17H23N5O2/c1-12-7-14(19-24-12)11-21-3-5-22(6-4-21)17(23)16-8-15(16)13-9-18-20(2)10-13/h7,9-10,15-16H,3-6,8,11H2,1-2H3. The highest BCUT2D eigenvalue weighted by Crippen LogP contribution is 2.48. The Morgan fingerprint density at radius 1 is 1.33 bits per heavy atom. The second-order valence-corrected chi connectivity index (χ2v) is 6.93. The lowest BCUT2D eigenvalue weighted by molar-refractivity contribution is -0.134. The number of rotatable bonds is 4. The predicted octanol–water partition coefficient (Wildman–Crippen LogP) is 1.16. The molecule has 2 aromatic rings. The SMILES string of the molecule is Cc1cc(CN2CCN(C(=O)C3CC3c3cnn(C)c3)CC2)no1. The molecule has 0 radical (unpaired) electrons. The van der Waals surface area contributed by atoms with Gasteiger partial charge < -0.3 is 9.42 Å². The molecule has 0 aromatic carbocycles. The summed E-state index contributed by atoms with van der Waals surface area (Å²) in [6, 6.07) is 1.97. The second kappa shape index (κ2) is 6.05. The van der Waals surface area contributed by atoms with Gasteiger partial charge in [0.15, 0.2) is 0 Å². The zero-order valence-electron chi connectivity index (χ0n) is 14.2. The van der Waals surface area contributed by atoms with Crippen LogP contribution in [0, 0.1) is 12.8 Å². The third kappa shape index (κ3) is 3.08. The van der Waals surface area contributed by atoms with E-state index in [1.807, 2.05) is 37.3 Å². The third-order valence-electron chi connectivity index (χ3n) is 5.01. The summed E-state index contributed by atoms with van der Waals surface area (Å²) in [6.07, 6.45) is 4.87. The van der Waals surface area contributed by atoms with Crippen molar-refractivity contribution in [2.45, 2.75) is 25.8 Å². The van der Waals surface area contributed by atoms with Gasteiger partial charge in [0.05, 0.1) is 11.9 Å². The molecule has 2 atom stereocenters. The van der Waals surface area contributed by atoms with E-state index in [1.54, 1.807) is 4.68 Å². The van der Waals surface area contributed by atoms with Crippen LogP contribution in [0.15, 0.2) is 23.0 Å². The molecule has 0 spiro atoms. The molecule has 2 fully saturated rings. The minimum atomic E-state index is 0.152. The van der Waals surface area contributed by atoms with Crippen LogP contribution in [0.5, 0.6) is 0 Å². The lowest BCUT2D eigenvalue weighted by atomic mass is 10.1. The molecule has 2 aromatic heterocycles. The molecular formula is C17H23N5O2. The molecule has 2 aliphatic rings. The maximum Gasteiger partial charge on any atom is 0.226 e. The van der Waals surface area contributed by atoms with Gasteiger partial charge in [-0.3, -0.25) is 14.4 Å². The van der Waals surface area contributed by atoms with Crippen molar-refractivity contribution >= 4 is 5.91 Å². The van der Waals surface area contributed by atoms with Gasteiger partial charge in [-0.1, -0.05) is 5.16 Å². The molecule has 24 heavy (non-hydrogen) atoms. The fourth-order valence-corrected chi connectivity index (χ4v) is 3.55. The molecule has 1 aliphatic carbocycles. The van der Waals surface area contributed by atoms with Crippen LogP contribution < -0.4 is 0 Å². The van der Waals surface area contributed by atoms with Gasteiger partial charge in [0, 0.05) is 58.0 Å². The molecule has 0 bridgehead atoms. The first-order chi connectivity index (χ1) is 11.6. The van der Waals surface area contributed by atoms with Crippen LogP contribution in [-0.2, 0) is 18.4 Å². The monoisotopic (exact) mass is 329 g/mol. The number of carbonyl (C=O) groups is 1. The van der Waals surface area contributed by atoms with Crippen molar-refractivity contribution in [2.75, 3.05) is 26.2 Å². The molecule has 7 nitrogen and oxygen atoms in total. The van der Waals surface area contributed by atoms with E-state index >= 15 is 0 Å². The van der Waals surface area contributed by atoms with Crippen molar-refractivity contribution in [3.63, 3.8) is 0 Å². The largest absolute Gasteiger partial charge is 0.361 e. The summed E-state index contributed by atoms with van der Waals surface area (Å²) < 4.78 is 6.92. The molecule has 128 valence electrons. The van der Waals surface area contributed by atoms with Crippen molar-refractivity contribution in [1.29, 1.82) is 0 Å². The zero-order valence-corrected chi connectivity index (χ0v) is 14.2. The van der Waals surface area contributed by atoms with Gasteiger partial charge >= 0.3 is 0 Å². The topological polar surface area (TPSA) is 67.4 Å². The van der Waals surface area contributed by atoms with E-state index < -0.39 is 0 Å². The molecule has 1 saturated heterocycles. The highest BCUT2D eigenvalue weighted by atomic mass is 16.5. The summed E-state index contributed by atoms with van der Waals surface area (Å²) in [5.74, 6) is 1.66. The molecular weight excluding hydrogens is 306 g/mol. The van der Waals surface area contributed by atoms with Gasteiger partial charge in [-0.25, -0.2) is 0 Å². The van der Waals surface area contributed by atoms with E-state index in [9.17, 15) is 4.79 Å². The normalized spacial score (nSPS) is 24.3. The number of aromatic nitrogens is 3. The van der Waals surface area contributed by atoms with Crippen LogP contribution in [0.3, 0.4) is 0 Å². The lowest BCUT2D eigenvalue weighted by Crippen LogP contribution is -2.48. The van der Waals surface area contributed by atoms with Crippen molar-refractivity contribution in [3.8, 4) is 0 Å². The molecule has 1 aliphatic heterocycles. The maximum absolute atomic E-state index is 12.7. The highest BCUT2D eigenvalue weighted by molar-refractivity contribution is 5.83. The van der Waals surface area contributed by atoms with Crippen LogP contribution in [-0.4, -0.2) is 56.8 Å². The predicted molar refractivity (Wildman–Crippen MR) is 87.2 cm³/mol. The Hall–Kier alpha value is -2.15. The zero-order chi connectivity index (χ0) is 16.7. The van der Waals surface area contributed by atoms with E-state index in [2.05, 4.69) is 15.2 Å². The number of nitrogens with zero attached hydrogens (tertiary/aromatic N) is 5. The van der Waals surface area contributed by atoms with Crippen molar-refractivity contribution in [3.05, 3.63) is 35.5 Å². The third-order valence-corrected chi connectivity index (χ3v) is 5.01. The van der Waals surface area contributed by atoms with Crippen LogP contribution in [0.2, 0.25) is 0 Å². The minimum absolute atomic E-state index is 0.152. The lowest BCUT2D eigenvalue weighted by Gasteiger charge is -2.34. The van der Waals surface area contributed by atoms with Crippen LogP contribution in [0.1, 0.15) is 29.4 Å². The molecule has 2 unspecified atom stereocenters. The van der Waals surface area contributed by atoms with E-state index in [1.165, 1.54) is 5.56 Å². The van der Waals surface area contributed by atoms with Gasteiger partial charge in [0.25, 0.3) is 0 Å². The Kier molecular flexibility index (Phi) is 3.88. The van der Waals surface area contributed by atoms with Crippen molar-refractivity contribution in [2.24, 2.45) is 13.0 Å². The number of carbonyl (C=O) groups excluding carboxylic acids is 1. The first kappa shape index (κ1) is 15.4.